The molecule has 1 N–H and O–H groups in total. The maximum absolute atomic E-state index is 12.7. The second kappa shape index (κ2) is 9.53. The molecule has 2 heterocycles. The van der Waals surface area contributed by atoms with Crippen LogP contribution in [-0.4, -0.2) is 54.2 Å². The lowest BCUT2D eigenvalue weighted by Crippen LogP contribution is -2.46. The van der Waals surface area contributed by atoms with Crippen molar-refractivity contribution in [2.45, 2.75) is 6.54 Å². The molecule has 0 aliphatic carbocycles. The molecule has 1 saturated heterocycles. The highest BCUT2D eigenvalue weighted by atomic mass is 35.5. The number of hydrogen-bond donors (Lipinski definition) is 1. The van der Waals surface area contributed by atoms with Crippen LogP contribution in [0.2, 0.25) is 0 Å². The van der Waals surface area contributed by atoms with Gasteiger partial charge in [-0.1, -0.05) is 24.3 Å². The Labute approximate surface area is 170 Å². The summed E-state index contributed by atoms with van der Waals surface area (Å²) in [4.78, 5) is 17.4. The highest BCUT2D eigenvalue weighted by Crippen LogP contribution is 2.23. The number of benzene rings is 2. The third kappa shape index (κ3) is 4.45. The van der Waals surface area contributed by atoms with E-state index in [1.165, 1.54) is 0 Å². The number of halogens is 2. The van der Waals surface area contributed by atoms with Gasteiger partial charge in [0, 0.05) is 44.8 Å². The number of para-hydroxylation sites is 2. The molecule has 1 fully saturated rings. The molecule has 0 bridgehead atoms. The largest absolute Gasteiger partial charge is 0.455 e. The molecule has 0 spiro atoms. The molecule has 1 aliphatic rings. The van der Waals surface area contributed by atoms with Crippen LogP contribution in [0.4, 0.5) is 0 Å². The van der Waals surface area contributed by atoms with Crippen molar-refractivity contribution in [3.05, 3.63) is 58.3 Å². The first-order chi connectivity index (χ1) is 12.3. The summed E-state index contributed by atoms with van der Waals surface area (Å²) in [6, 6.07) is 13.2. The first-order valence-electron chi connectivity index (χ1n) is 8.75. The number of aliphatic hydroxyl groups is 1. The molecule has 0 saturated carbocycles. The monoisotopic (exact) mass is 410 g/mol. The summed E-state index contributed by atoms with van der Waals surface area (Å²) >= 11 is 0. The van der Waals surface area contributed by atoms with E-state index in [2.05, 4.69) is 9.80 Å². The number of piperazine rings is 1. The molecule has 27 heavy (non-hydrogen) atoms. The molecular formula is C20H24Cl2N2O3. The Kier molecular flexibility index (Phi) is 7.65. The summed E-state index contributed by atoms with van der Waals surface area (Å²) in [6.45, 7) is 5.54. The molecule has 7 heteroatoms. The van der Waals surface area contributed by atoms with Gasteiger partial charge < -0.3 is 9.52 Å². The van der Waals surface area contributed by atoms with Gasteiger partial charge in [-0.25, -0.2) is 0 Å². The molecule has 5 nitrogen and oxygen atoms in total. The predicted molar refractivity (Wildman–Crippen MR) is 113 cm³/mol. The van der Waals surface area contributed by atoms with E-state index in [0.29, 0.717) is 21.9 Å². The fraction of sp³-hybridized carbons (Fsp3) is 0.350. The van der Waals surface area contributed by atoms with Crippen molar-refractivity contribution in [1.29, 1.82) is 0 Å². The van der Waals surface area contributed by atoms with Crippen LogP contribution in [-0.2, 0) is 6.54 Å². The van der Waals surface area contributed by atoms with Gasteiger partial charge in [0.2, 0.25) is 5.43 Å². The molecule has 0 amide bonds. The molecule has 146 valence electrons. The van der Waals surface area contributed by atoms with Crippen LogP contribution in [0.15, 0.2) is 51.7 Å². The van der Waals surface area contributed by atoms with Crippen LogP contribution >= 0.6 is 24.8 Å². The van der Waals surface area contributed by atoms with Crippen molar-refractivity contribution in [2.24, 2.45) is 0 Å². The zero-order valence-corrected chi connectivity index (χ0v) is 16.6. The summed E-state index contributed by atoms with van der Waals surface area (Å²) < 4.78 is 6.09. The highest BCUT2D eigenvalue weighted by molar-refractivity contribution is 5.91. The quantitative estimate of drug-likeness (QED) is 0.670. The maximum Gasteiger partial charge on any atom is 0.200 e. The SMILES string of the molecule is Cl.Cl.O=c1c2ccccc2oc2c(CN3CCN(CCO)CC3)cccc12. The first-order valence-corrected chi connectivity index (χ1v) is 8.75. The fourth-order valence-corrected chi connectivity index (χ4v) is 3.56. The van der Waals surface area contributed by atoms with Crippen molar-refractivity contribution < 1.29 is 9.52 Å². The van der Waals surface area contributed by atoms with E-state index in [-0.39, 0.29) is 36.8 Å². The van der Waals surface area contributed by atoms with Crippen LogP contribution in [0.3, 0.4) is 0 Å². The minimum atomic E-state index is 0. The molecule has 2 aromatic carbocycles. The minimum Gasteiger partial charge on any atom is -0.455 e. The van der Waals surface area contributed by atoms with Crippen molar-refractivity contribution in [3.8, 4) is 0 Å². The number of hydrogen-bond acceptors (Lipinski definition) is 5. The Morgan fingerprint density at radius 1 is 0.889 bits per heavy atom. The number of nitrogens with zero attached hydrogens (tertiary/aromatic N) is 2. The van der Waals surface area contributed by atoms with Crippen LogP contribution in [0.25, 0.3) is 21.9 Å². The van der Waals surface area contributed by atoms with Gasteiger partial charge in [-0.15, -0.1) is 24.8 Å². The van der Waals surface area contributed by atoms with Crippen LogP contribution in [0.1, 0.15) is 5.56 Å². The molecule has 3 aromatic rings. The summed E-state index contributed by atoms with van der Waals surface area (Å²) in [7, 11) is 0. The highest BCUT2D eigenvalue weighted by Gasteiger charge is 2.18. The van der Waals surface area contributed by atoms with Gasteiger partial charge in [-0.05, 0) is 18.2 Å². The van der Waals surface area contributed by atoms with E-state index in [0.717, 1.165) is 44.8 Å². The average Bonchev–Trinajstić information content (AvgIpc) is 2.65. The molecular weight excluding hydrogens is 387 g/mol. The zero-order valence-electron chi connectivity index (χ0n) is 15.0. The molecule has 0 atom stereocenters. The average molecular weight is 411 g/mol. The van der Waals surface area contributed by atoms with Gasteiger partial charge in [0.15, 0.2) is 0 Å². The van der Waals surface area contributed by atoms with Crippen LogP contribution in [0, 0.1) is 0 Å². The van der Waals surface area contributed by atoms with E-state index in [1.54, 1.807) is 0 Å². The van der Waals surface area contributed by atoms with Crippen molar-refractivity contribution in [3.63, 3.8) is 0 Å². The fourth-order valence-electron chi connectivity index (χ4n) is 3.56. The maximum atomic E-state index is 12.7. The van der Waals surface area contributed by atoms with Crippen LogP contribution in [0.5, 0.6) is 0 Å². The van der Waals surface area contributed by atoms with Gasteiger partial charge >= 0.3 is 0 Å². The van der Waals surface area contributed by atoms with E-state index >= 15 is 0 Å². The van der Waals surface area contributed by atoms with Gasteiger partial charge in [-0.3, -0.25) is 14.6 Å². The van der Waals surface area contributed by atoms with Gasteiger partial charge in [0.1, 0.15) is 11.2 Å². The third-order valence-electron chi connectivity index (χ3n) is 4.96. The molecule has 0 radical (unpaired) electrons. The number of fused-ring (bicyclic) bond motifs is 2. The predicted octanol–water partition coefficient (Wildman–Crippen LogP) is 2.90. The first kappa shape index (κ1) is 21.7. The van der Waals surface area contributed by atoms with Crippen molar-refractivity contribution in [1.82, 2.24) is 9.80 Å². The summed E-state index contributed by atoms with van der Waals surface area (Å²) in [5, 5.41) is 10.3. The lowest BCUT2D eigenvalue weighted by atomic mass is 10.1. The Bertz CT molecular complexity index is 953. The minimum absolute atomic E-state index is 0. The molecule has 4 rings (SSSR count). The molecule has 1 aromatic heterocycles. The third-order valence-corrected chi connectivity index (χ3v) is 4.96. The van der Waals surface area contributed by atoms with Gasteiger partial charge in [0.05, 0.1) is 17.4 Å². The van der Waals surface area contributed by atoms with E-state index < -0.39 is 0 Å². The van der Waals surface area contributed by atoms with Crippen LogP contribution < -0.4 is 5.43 Å². The Hall–Kier alpha value is -1.63. The van der Waals surface area contributed by atoms with E-state index in [1.807, 2.05) is 42.5 Å². The Balaban J connectivity index is 0.00000131. The summed E-state index contributed by atoms with van der Waals surface area (Å²) in [6.07, 6.45) is 0. The second-order valence-electron chi connectivity index (χ2n) is 6.56. The summed E-state index contributed by atoms with van der Waals surface area (Å²) in [5.74, 6) is 0. The number of aliphatic hydroxyl groups excluding tert-OH is 1. The normalized spacial score (nSPS) is 15.4. The topological polar surface area (TPSA) is 56.9 Å². The number of β-amino-alcohol motifs (C(OH)–C–C–N with tert-alkyl or cyclic N) is 1. The van der Waals surface area contributed by atoms with E-state index in [4.69, 9.17) is 9.52 Å². The van der Waals surface area contributed by atoms with Gasteiger partial charge in [-0.2, -0.15) is 0 Å². The standard InChI is InChI=1S/C20H22N2O3.2ClH/c23-13-12-21-8-10-22(11-9-21)14-15-4-3-6-17-19(24)16-5-1-2-7-18(16)25-20(15)17;;/h1-7,23H,8-14H2;2*1H. The lowest BCUT2D eigenvalue weighted by Gasteiger charge is -2.34. The summed E-state index contributed by atoms with van der Waals surface area (Å²) in [5.41, 5.74) is 2.42. The Morgan fingerprint density at radius 3 is 2.30 bits per heavy atom. The smallest absolute Gasteiger partial charge is 0.200 e. The van der Waals surface area contributed by atoms with Crippen molar-refractivity contribution >= 4 is 46.8 Å². The Morgan fingerprint density at radius 2 is 1.56 bits per heavy atom. The molecule has 1 aliphatic heterocycles. The zero-order chi connectivity index (χ0) is 17.2. The van der Waals surface area contributed by atoms with Crippen molar-refractivity contribution in [2.75, 3.05) is 39.3 Å². The van der Waals surface area contributed by atoms with Gasteiger partial charge in [0.25, 0.3) is 0 Å². The molecule has 0 unspecified atom stereocenters. The van der Waals surface area contributed by atoms with E-state index in [9.17, 15) is 4.79 Å². The number of rotatable bonds is 4. The lowest BCUT2D eigenvalue weighted by molar-refractivity contribution is 0.108. The second-order valence-corrected chi connectivity index (χ2v) is 6.56.